The maximum Gasteiger partial charge on any atom is 0.0707 e. The van der Waals surface area contributed by atoms with Crippen LogP contribution in [0.4, 0.5) is 0 Å². The van der Waals surface area contributed by atoms with E-state index in [-0.39, 0.29) is 5.54 Å². The molecule has 2 atom stereocenters. The van der Waals surface area contributed by atoms with Crippen molar-refractivity contribution < 1.29 is 0 Å². The highest BCUT2D eigenvalue weighted by Gasteiger charge is 2.55. The summed E-state index contributed by atoms with van der Waals surface area (Å²) in [6.07, 6.45) is 26.0. The number of benzene rings is 7. The van der Waals surface area contributed by atoms with Gasteiger partial charge in [0.15, 0.2) is 0 Å². The van der Waals surface area contributed by atoms with Crippen molar-refractivity contribution in [3.8, 4) is 11.1 Å². The van der Waals surface area contributed by atoms with Gasteiger partial charge in [-0.15, -0.1) is 0 Å². The van der Waals surface area contributed by atoms with E-state index in [0.717, 1.165) is 34.4 Å². The summed E-state index contributed by atoms with van der Waals surface area (Å²) in [7, 11) is 0. The fourth-order valence-electron chi connectivity index (χ4n) is 9.92. The summed E-state index contributed by atoms with van der Waals surface area (Å²) in [6.45, 7) is 6.58. The Labute approximate surface area is 375 Å². The Morgan fingerprint density at radius 1 is 0.594 bits per heavy atom. The number of allylic oxidation sites excluding steroid dienone is 14. The molecule has 2 aliphatic rings. The molecule has 0 N–H and O–H groups in total. The first-order valence-electron chi connectivity index (χ1n) is 22.3. The maximum atomic E-state index is 4.51. The second kappa shape index (κ2) is 16.4. The van der Waals surface area contributed by atoms with Crippen LogP contribution in [0.15, 0.2) is 249 Å². The molecule has 2 aliphatic carbocycles. The molecule has 0 radical (unpaired) electrons. The second-order valence-electron chi connectivity index (χ2n) is 17.0. The molecule has 306 valence electrons. The molecule has 9 aromatic rings. The van der Waals surface area contributed by atoms with Crippen LogP contribution in [0.3, 0.4) is 0 Å². The summed E-state index contributed by atoms with van der Waals surface area (Å²) in [4.78, 5) is 0. The Morgan fingerprint density at radius 2 is 1.16 bits per heavy atom. The summed E-state index contributed by atoms with van der Waals surface area (Å²) >= 11 is 0. The number of para-hydroxylation sites is 4. The summed E-state index contributed by atoms with van der Waals surface area (Å²) in [5, 5.41) is 5.13. The minimum atomic E-state index is -0.0536. The van der Waals surface area contributed by atoms with Gasteiger partial charge in [0.25, 0.3) is 0 Å². The van der Waals surface area contributed by atoms with Gasteiger partial charge in [-0.1, -0.05) is 189 Å². The lowest BCUT2D eigenvalue weighted by molar-refractivity contribution is 0.602. The molecule has 0 amide bonds. The van der Waals surface area contributed by atoms with Crippen molar-refractivity contribution in [1.29, 1.82) is 0 Å². The first-order valence-corrected chi connectivity index (χ1v) is 22.3. The van der Waals surface area contributed by atoms with Crippen LogP contribution >= 0.6 is 0 Å². The number of fused-ring (bicyclic) bond motifs is 7. The third kappa shape index (κ3) is 7.04. The normalized spacial score (nSPS) is 17.7. The Hall–Kier alpha value is -7.94. The predicted molar refractivity (Wildman–Crippen MR) is 275 cm³/mol. The van der Waals surface area contributed by atoms with E-state index in [2.05, 4.69) is 259 Å². The highest BCUT2D eigenvalue weighted by atomic mass is 15.1. The number of rotatable bonds is 11. The Kier molecular flexibility index (Phi) is 9.98. The van der Waals surface area contributed by atoms with Crippen LogP contribution in [0.5, 0.6) is 0 Å². The van der Waals surface area contributed by atoms with Gasteiger partial charge in [0.2, 0.25) is 0 Å². The van der Waals surface area contributed by atoms with E-state index in [9.17, 15) is 0 Å². The Balaban J connectivity index is 0.968. The van der Waals surface area contributed by atoms with E-state index in [1.54, 1.807) is 0 Å². The molecule has 1 fully saturated rings. The quantitative estimate of drug-likeness (QED) is 0.115. The summed E-state index contributed by atoms with van der Waals surface area (Å²) in [5.41, 5.74) is 15.1. The molecule has 0 aliphatic heterocycles. The van der Waals surface area contributed by atoms with Gasteiger partial charge < -0.3 is 9.13 Å². The fraction of sp³-hybridized carbons (Fsp3) is 0.0645. The number of hydrogen-bond donors (Lipinski definition) is 0. The monoisotopic (exact) mass is 820 g/mol. The Morgan fingerprint density at radius 3 is 1.78 bits per heavy atom. The molecule has 64 heavy (non-hydrogen) atoms. The zero-order valence-electron chi connectivity index (χ0n) is 36.0. The van der Waals surface area contributed by atoms with Crippen LogP contribution < -0.4 is 0 Å². The van der Waals surface area contributed by atoms with E-state index in [1.807, 2.05) is 6.07 Å². The molecule has 11 rings (SSSR count). The minimum Gasteiger partial charge on any atom is -0.330 e. The van der Waals surface area contributed by atoms with Gasteiger partial charge in [-0.05, 0) is 119 Å². The second-order valence-corrected chi connectivity index (χ2v) is 17.0. The number of hydrogen-bond acceptors (Lipinski definition) is 0. The summed E-state index contributed by atoms with van der Waals surface area (Å²) < 4.78 is 4.96. The molecule has 2 nitrogen and oxygen atoms in total. The molecule has 1 saturated carbocycles. The third-order valence-electron chi connectivity index (χ3n) is 13.0. The van der Waals surface area contributed by atoms with E-state index >= 15 is 0 Å². The molecular formula is C62H48N2. The standard InChI is InChI=1S/C62H48N2/c1-3-19-53(63-58-30-14-10-26-54(58)55-27-11-15-31-59(55)63)25-18-20-45(38-44(2)47-21-6-4-7-22-47)34-35-46-39-50(48-23-8-5-9-24-48)41-51(40-46)49-36-37-62(43-52(62)42-49)64-60-32-16-12-28-56(60)57-29-13-17-33-61(57)64/h3-42,52H,2,43H2,1H3/b19-3-,20-18+,35-34+,45-38-,53-25+. The van der Waals surface area contributed by atoms with E-state index in [1.165, 1.54) is 65.9 Å². The molecule has 0 spiro atoms. The predicted octanol–water partition coefficient (Wildman–Crippen LogP) is 16.3. The number of nitrogens with zero attached hydrogens (tertiary/aromatic N) is 2. The molecule has 2 heteroatoms. The SMILES string of the molecule is C=C(/C=C(/C=C/C=C(\C=C/C)n1c2ccccc2c2ccccc21)\C=C\c1cc(C2=CC3CC3(n3c4ccccc4c4ccccc43)C=C2)cc(-c2ccccc2)c1)c1ccccc1. The van der Waals surface area contributed by atoms with Crippen LogP contribution in [0.1, 0.15) is 30.0 Å². The minimum absolute atomic E-state index is 0.0536. The topological polar surface area (TPSA) is 9.86 Å². The molecule has 2 aromatic heterocycles. The van der Waals surface area contributed by atoms with E-state index in [4.69, 9.17) is 0 Å². The first kappa shape index (κ1) is 38.9. The van der Waals surface area contributed by atoms with Crippen LogP contribution in [0.2, 0.25) is 0 Å². The lowest BCUT2D eigenvalue weighted by atomic mass is 9.92. The summed E-state index contributed by atoms with van der Waals surface area (Å²) in [5.74, 6) is 0.415. The van der Waals surface area contributed by atoms with Gasteiger partial charge in [-0.3, -0.25) is 0 Å². The van der Waals surface area contributed by atoms with Gasteiger partial charge in [-0.25, -0.2) is 0 Å². The van der Waals surface area contributed by atoms with Crippen molar-refractivity contribution in [3.05, 3.63) is 266 Å². The number of aromatic nitrogens is 2. The van der Waals surface area contributed by atoms with Crippen molar-refractivity contribution >= 4 is 66.5 Å². The van der Waals surface area contributed by atoms with E-state index in [0.29, 0.717) is 5.92 Å². The van der Waals surface area contributed by atoms with Crippen molar-refractivity contribution in [2.75, 3.05) is 0 Å². The van der Waals surface area contributed by atoms with Crippen LogP contribution in [0, 0.1) is 5.92 Å². The van der Waals surface area contributed by atoms with Crippen LogP contribution in [0.25, 0.3) is 77.7 Å². The highest BCUT2D eigenvalue weighted by molar-refractivity contribution is 6.11. The van der Waals surface area contributed by atoms with Gasteiger partial charge in [-0.2, -0.15) is 0 Å². The highest BCUT2D eigenvalue weighted by Crippen LogP contribution is 2.58. The zero-order chi connectivity index (χ0) is 43.0. The molecular weight excluding hydrogens is 773 g/mol. The van der Waals surface area contributed by atoms with Gasteiger partial charge >= 0.3 is 0 Å². The van der Waals surface area contributed by atoms with Crippen molar-refractivity contribution in [3.63, 3.8) is 0 Å². The molecule has 0 saturated heterocycles. The first-order chi connectivity index (χ1) is 31.6. The lowest BCUT2D eigenvalue weighted by Gasteiger charge is -2.22. The average molecular weight is 821 g/mol. The van der Waals surface area contributed by atoms with Crippen molar-refractivity contribution in [2.24, 2.45) is 5.92 Å². The third-order valence-corrected chi connectivity index (χ3v) is 13.0. The van der Waals surface area contributed by atoms with E-state index < -0.39 is 0 Å². The Bertz CT molecular complexity index is 3380. The molecule has 2 unspecified atom stereocenters. The molecule has 7 aromatic carbocycles. The fourth-order valence-corrected chi connectivity index (χ4v) is 9.92. The van der Waals surface area contributed by atoms with Gasteiger partial charge in [0, 0.05) is 44.2 Å². The maximum absolute atomic E-state index is 4.51. The largest absolute Gasteiger partial charge is 0.330 e. The zero-order valence-corrected chi connectivity index (χ0v) is 36.0. The van der Waals surface area contributed by atoms with Crippen LogP contribution in [-0.4, -0.2) is 9.13 Å². The summed E-state index contributed by atoms with van der Waals surface area (Å²) in [6, 6.07) is 63.2. The van der Waals surface area contributed by atoms with Crippen LogP contribution in [-0.2, 0) is 5.54 Å². The van der Waals surface area contributed by atoms with Crippen molar-refractivity contribution in [2.45, 2.75) is 18.9 Å². The van der Waals surface area contributed by atoms with Gasteiger partial charge in [0.1, 0.15) is 0 Å². The lowest BCUT2D eigenvalue weighted by Crippen LogP contribution is -2.18. The van der Waals surface area contributed by atoms with Gasteiger partial charge in [0.05, 0.1) is 16.6 Å². The smallest absolute Gasteiger partial charge is 0.0707 e. The van der Waals surface area contributed by atoms with Crippen molar-refractivity contribution in [1.82, 2.24) is 9.13 Å². The molecule has 2 heterocycles. The molecule has 0 bridgehead atoms. The average Bonchev–Trinajstić information content (AvgIpc) is 3.85.